The topological polar surface area (TPSA) is 94.8 Å². The Hall–Kier alpha value is -0.170. The van der Waals surface area contributed by atoms with Gasteiger partial charge in [-0.1, -0.05) is 84.5 Å². The molecule has 0 aliphatic carbocycles. The minimum absolute atomic E-state index is 0.192. The molecule has 3 unspecified atom stereocenters. The summed E-state index contributed by atoms with van der Waals surface area (Å²) in [7, 11) is -4.35. The van der Waals surface area contributed by atoms with Gasteiger partial charge in [-0.15, -0.1) is 0 Å². The maximum Gasteiger partial charge on any atom is 0.270 e. The largest absolute Gasteiger partial charge is 0.390 e. The Morgan fingerprint density at radius 1 is 0.708 bits per heavy atom. The molecule has 0 aromatic carbocycles. The van der Waals surface area contributed by atoms with Crippen LogP contribution in [0.15, 0.2) is 0 Å². The van der Waals surface area contributed by atoms with E-state index in [0.29, 0.717) is 12.8 Å². The maximum atomic E-state index is 11.5. The standard InChI is InChI=1S/C18H38O5S/c1-3-5-7-9-11-12-14-16(19)18(20)17(24(21,22)23)15-13-10-8-6-4-2/h16-20H,3-15H2,1-2H3,(H,21,22,23). The van der Waals surface area contributed by atoms with Crippen LogP contribution in [0.5, 0.6) is 0 Å². The fraction of sp³-hybridized carbons (Fsp3) is 1.00. The Labute approximate surface area is 148 Å². The summed E-state index contributed by atoms with van der Waals surface area (Å²) in [6.45, 7) is 4.25. The highest BCUT2D eigenvalue weighted by Crippen LogP contribution is 2.20. The Bertz CT molecular complexity index is 383. The van der Waals surface area contributed by atoms with E-state index in [4.69, 9.17) is 0 Å². The smallest absolute Gasteiger partial charge is 0.270 e. The Balaban J connectivity index is 4.25. The summed E-state index contributed by atoms with van der Waals surface area (Å²) < 4.78 is 32.4. The van der Waals surface area contributed by atoms with Crippen LogP contribution in [0.1, 0.15) is 97.3 Å². The third-order valence-corrected chi connectivity index (χ3v) is 5.88. The van der Waals surface area contributed by atoms with Gasteiger partial charge in [-0.25, -0.2) is 0 Å². The first-order valence-electron chi connectivity index (χ1n) is 9.67. The summed E-state index contributed by atoms with van der Waals surface area (Å²) in [5, 5.41) is 19.0. The highest BCUT2D eigenvalue weighted by molar-refractivity contribution is 7.86. The van der Waals surface area contributed by atoms with Crippen molar-refractivity contribution in [2.45, 2.75) is 115 Å². The molecule has 0 saturated carbocycles. The van der Waals surface area contributed by atoms with Gasteiger partial charge in [0.1, 0.15) is 5.25 Å². The summed E-state index contributed by atoms with van der Waals surface area (Å²) >= 11 is 0. The number of hydrogen-bond donors (Lipinski definition) is 3. The lowest BCUT2D eigenvalue weighted by Gasteiger charge is -2.24. The average Bonchev–Trinajstić information content (AvgIpc) is 2.52. The van der Waals surface area contributed by atoms with Gasteiger partial charge in [0, 0.05) is 0 Å². The third kappa shape index (κ3) is 11.4. The Morgan fingerprint density at radius 3 is 1.58 bits per heavy atom. The van der Waals surface area contributed by atoms with E-state index in [1.807, 2.05) is 0 Å². The van der Waals surface area contributed by atoms with E-state index in [0.717, 1.165) is 44.9 Å². The highest BCUT2D eigenvalue weighted by atomic mass is 32.2. The second kappa shape index (κ2) is 14.0. The molecule has 0 aromatic rings. The van der Waals surface area contributed by atoms with E-state index in [1.54, 1.807) is 0 Å². The number of hydrogen-bond acceptors (Lipinski definition) is 4. The lowest BCUT2D eigenvalue weighted by Crippen LogP contribution is -2.42. The SMILES string of the molecule is CCCCCCCCC(O)C(O)C(CCCCCCC)S(=O)(=O)O. The molecule has 0 saturated heterocycles. The van der Waals surface area contributed by atoms with Gasteiger partial charge < -0.3 is 10.2 Å². The van der Waals surface area contributed by atoms with Crippen molar-refractivity contribution in [2.24, 2.45) is 0 Å². The molecule has 0 radical (unpaired) electrons. The zero-order valence-corrected chi connectivity index (χ0v) is 16.3. The minimum atomic E-state index is -4.35. The Morgan fingerprint density at radius 2 is 1.12 bits per heavy atom. The molecule has 24 heavy (non-hydrogen) atoms. The molecular formula is C18H38O5S. The number of rotatable bonds is 16. The number of unbranched alkanes of at least 4 members (excludes halogenated alkanes) is 9. The van der Waals surface area contributed by atoms with E-state index in [-0.39, 0.29) is 6.42 Å². The van der Waals surface area contributed by atoms with Crippen molar-refractivity contribution >= 4 is 10.1 Å². The molecule has 0 aliphatic rings. The summed E-state index contributed by atoms with van der Waals surface area (Å²) in [5.41, 5.74) is 0. The second-order valence-electron chi connectivity index (χ2n) is 6.87. The molecule has 0 heterocycles. The summed E-state index contributed by atoms with van der Waals surface area (Å²) in [4.78, 5) is 0. The summed E-state index contributed by atoms with van der Waals surface area (Å²) in [6, 6.07) is 0. The quantitative estimate of drug-likeness (QED) is 0.283. The third-order valence-electron chi connectivity index (χ3n) is 4.60. The van der Waals surface area contributed by atoms with Crippen molar-refractivity contribution in [1.82, 2.24) is 0 Å². The van der Waals surface area contributed by atoms with Crippen LogP contribution >= 0.6 is 0 Å². The molecule has 0 fully saturated rings. The molecule has 146 valence electrons. The first kappa shape index (κ1) is 23.8. The highest BCUT2D eigenvalue weighted by Gasteiger charge is 2.34. The van der Waals surface area contributed by atoms with Gasteiger partial charge in [0.05, 0.1) is 12.2 Å². The normalized spacial score (nSPS) is 16.0. The number of aliphatic hydroxyl groups is 2. The lowest BCUT2D eigenvalue weighted by molar-refractivity contribution is 0.00806. The minimum Gasteiger partial charge on any atom is -0.390 e. The average molecular weight is 367 g/mol. The van der Waals surface area contributed by atoms with Crippen LogP contribution in [0.3, 0.4) is 0 Å². The van der Waals surface area contributed by atoms with Crippen molar-refractivity contribution in [1.29, 1.82) is 0 Å². The zero-order chi connectivity index (χ0) is 18.4. The summed E-state index contributed by atoms with van der Waals surface area (Å²) in [6.07, 6.45) is 9.14. The molecule has 5 nitrogen and oxygen atoms in total. The molecule has 0 aliphatic heterocycles. The van der Waals surface area contributed by atoms with Crippen molar-refractivity contribution in [3.8, 4) is 0 Å². The molecule has 0 aromatic heterocycles. The molecule has 0 spiro atoms. The van der Waals surface area contributed by atoms with Gasteiger partial charge in [-0.2, -0.15) is 8.42 Å². The van der Waals surface area contributed by atoms with Crippen LogP contribution in [0.2, 0.25) is 0 Å². The fourth-order valence-corrected chi connectivity index (χ4v) is 4.00. The van der Waals surface area contributed by atoms with Gasteiger partial charge in [0.25, 0.3) is 10.1 Å². The Kier molecular flexibility index (Phi) is 13.9. The molecular weight excluding hydrogens is 328 g/mol. The lowest BCUT2D eigenvalue weighted by atomic mass is 9.99. The van der Waals surface area contributed by atoms with E-state index < -0.39 is 27.6 Å². The molecule has 0 bridgehead atoms. The second-order valence-corrected chi connectivity index (χ2v) is 8.51. The van der Waals surface area contributed by atoms with Gasteiger partial charge in [0.15, 0.2) is 0 Å². The van der Waals surface area contributed by atoms with Crippen LogP contribution in [0.4, 0.5) is 0 Å². The van der Waals surface area contributed by atoms with Gasteiger partial charge in [-0.05, 0) is 12.8 Å². The van der Waals surface area contributed by atoms with E-state index >= 15 is 0 Å². The van der Waals surface area contributed by atoms with E-state index in [9.17, 15) is 23.2 Å². The van der Waals surface area contributed by atoms with Crippen LogP contribution < -0.4 is 0 Å². The van der Waals surface area contributed by atoms with Crippen LogP contribution in [-0.4, -0.2) is 40.6 Å². The molecule has 6 heteroatoms. The van der Waals surface area contributed by atoms with Crippen LogP contribution in [0, 0.1) is 0 Å². The van der Waals surface area contributed by atoms with Gasteiger partial charge >= 0.3 is 0 Å². The van der Waals surface area contributed by atoms with E-state index in [2.05, 4.69) is 13.8 Å². The van der Waals surface area contributed by atoms with Crippen LogP contribution in [-0.2, 0) is 10.1 Å². The predicted octanol–water partition coefficient (Wildman–Crippen LogP) is 4.08. The van der Waals surface area contributed by atoms with Crippen molar-refractivity contribution in [2.75, 3.05) is 0 Å². The van der Waals surface area contributed by atoms with Gasteiger partial charge in [-0.3, -0.25) is 4.55 Å². The summed E-state index contributed by atoms with van der Waals surface area (Å²) in [5.74, 6) is 0. The maximum absolute atomic E-state index is 11.5. The molecule has 0 rings (SSSR count). The number of aliphatic hydroxyl groups excluding tert-OH is 2. The van der Waals surface area contributed by atoms with Gasteiger partial charge in [0.2, 0.25) is 0 Å². The van der Waals surface area contributed by atoms with Crippen molar-refractivity contribution < 1.29 is 23.2 Å². The van der Waals surface area contributed by atoms with E-state index in [1.165, 1.54) is 19.3 Å². The molecule has 0 amide bonds. The first-order valence-corrected chi connectivity index (χ1v) is 11.2. The molecule has 3 N–H and O–H groups in total. The van der Waals surface area contributed by atoms with Crippen molar-refractivity contribution in [3.63, 3.8) is 0 Å². The van der Waals surface area contributed by atoms with Crippen molar-refractivity contribution in [3.05, 3.63) is 0 Å². The van der Waals surface area contributed by atoms with Crippen LogP contribution in [0.25, 0.3) is 0 Å². The zero-order valence-electron chi connectivity index (χ0n) is 15.5. The monoisotopic (exact) mass is 366 g/mol. The molecule has 3 atom stereocenters. The predicted molar refractivity (Wildman–Crippen MR) is 98.7 cm³/mol. The fourth-order valence-electron chi connectivity index (χ4n) is 3.00. The first-order chi connectivity index (χ1) is 11.3.